The number of esters is 1. The number of nitrogens with zero attached hydrogens (tertiary/aromatic N) is 2. The summed E-state index contributed by atoms with van der Waals surface area (Å²) < 4.78 is 18.5. The summed E-state index contributed by atoms with van der Waals surface area (Å²) in [6.45, 7) is 7.94. The quantitative estimate of drug-likeness (QED) is 0.541. The monoisotopic (exact) mass is 476 g/mol. The third-order valence-electron chi connectivity index (χ3n) is 5.94. The molecule has 0 saturated carbocycles. The van der Waals surface area contributed by atoms with Crippen LogP contribution >= 0.6 is 11.3 Å². The van der Waals surface area contributed by atoms with Crippen LogP contribution in [0.3, 0.4) is 0 Å². The highest BCUT2D eigenvalue weighted by Gasteiger charge is 2.34. The number of ether oxygens (including phenoxy) is 3. The molecule has 1 atom stereocenters. The second kappa shape index (κ2) is 8.61. The van der Waals surface area contributed by atoms with Crippen molar-refractivity contribution in [3.8, 4) is 11.5 Å². The first-order valence-corrected chi connectivity index (χ1v) is 11.9. The summed E-state index contributed by atoms with van der Waals surface area (Å²) in [5, 5.41) is 0. The van der Waals surface area contributed by atoms with E-state index >= 15 is 0 Å². The van der Waals surface area contributed by atoms with Gasteiger partial charge in [-0.15, -0.1) is 0 Å². The molecule has 0 N–H and O–H groups in total. The van der Waals surface area contributed by atoms with Gasteiger partial charge in [-0.1, -0.05) is 41.2 Å². The minimum Gasteiger partial charge on any atom is -0.463 e. The van der Waals surface area contributed by atoms with E-state index in [1.807, 2.05) is 44.2 Å². The van der Waals surface area contributed by atoms with Crippen LogP contribution in [0.4, 0.5) is 0 Å². The van der Waals surface area contributed by atoms with E-state index in [4.69, 9.17) is 14.2 Å². The molecule has 1 aromatic heterocycles. The minimum atomic E-state index is -0.689. The van der Waals surface area contributed by atoms with E-state index in [-0.39, 0.29) is 19.0 Å². The van der Waals surface area contributed by atoms with E-state index in [2.05, 4.69) is 11.1 Å². The molecule has 1 unspecified atom stereocenters. The molecule has 3 aromatic rings. The van der Waals surface area contributed by atoms with E-state index < -0.39 is 12.0 Å². The van der Waals surface area contributed by atoms with Gasteiger partial charge in [0.15, 0.2) is 16.3 Å². The topological polar surface area (TPSA) is 79.1 Å². The van der Waals surface area contributed by atoms with Gasteiger partial charge in [-0.2, -0.15) is 0 Å². The Labute approximate surface area is 200 Å². The summed E-state index contributed by atoms with van der Waals surface area (Å²) in [4.78, 5) is 31.9. The van der Waals surface area contributed by atoms with Crippen molar-refractivity contribution < 1.29 is 19.0 Å². The molecule has 0 amide bonds. The summed E-state index contributed by atoms with van der Waals surface area (Å²) in [5.74, 6) is 0.715. The molecular formula is C26H24N2O5S. The summed E-state index contributed by atoms with van der Waals surface area (Å²) in [6.07, 6.45) is 1.89. The number of hydrogen-bond acceptors (Lipinski definition) is 7. The normalized spacial score (nSPS) is 16.9. The van der Waals surface area contributed by atoms with E-state index in [1.165, 1.54) is 11.3 Å². The van der Waals surface area contributed by atoms with Crippen molar-refractivity contribution in [2.45, 2.75) is 33.7 Å². The number of hydrogen-bond donors (Lipinski definition) is 0. The third-order valence-corrected chi connectivity index (χ3v) is 6.92. The largest absolute Gasteiger partial charge is 0.463 e. The highest BCUT2D eigenvalue weighted by molar-refractivity contribution is 7.07. The number of benzene rings is 2. The van der Waals surface area contributed by atoms with E-state index in [0.29, 0.717) is 32.1 Å². The van der Waals surface area contributed by atoms with Crippen LogP contribution in [0, 0.1) is 13.8 Å². The number of fused-ring (bicyclic) bond motifs is 2. The van der Waals surface area contributed by atoms with Crippen molar-refractivity contribution in [2.24, 2.45) is 4.99 Å². The van der Waals surface area contributed by atoms with Gasteiger partial charge in [-0.05, 0) is 62.6 Å². The molecule has 0 spiro atoms. The molecule has 8 heteroatoms. The van der Waals surface area contributed by atoms with Gasteiger partial charge in [0.2, 0.25) is 6.79 Å². The Hall–Kier alpha value is -3.65. The molecule has 5 rings (SSSR count). The maximum Gasteiger partial charge on any atom is 0.338 e. The lowest BCUT2D eigenvalue weighted by Crippen LogP contribution is -2.39. The lowest BCUT2D eigenvalue weighted by molar-refractivity contribution is -0.139. The number of rotatable bonds is 4. The molecule has 0 bridgehead atoms. The number of carbonyl (C=O) groups excluding carboxylic acids is 1. The number of carbonyl (C=O) groups is 1. The fourth-order valence-corrected chi connectivity index (χ4v) is 5.36. The third kappa shape index (κ3) is 3.74. The van der Waals surface area contributed by atoms with Crippen molar-refractivity contribution >= 4 is 23.4 Å². The zero-order valence-electron chi connectivity index (χ0n) is 19.4. The number of aromatic nitrogens is 1. The Balaban J connectivity index is 1.73. The molecule has 0 saturated heterocycles. The van der Waals surface area contributed by atoms with Crippen LogP contribution in [0.15, 0.2) is 57.5 Å². The molecular weight excluding hydrogens is 452 g/mol. The standard InChI is InChI=1S/C26H24N2O5S/c1-5-31-25(30)22-16(4)27-26-28(23(22)18-8-9-19-20(11-18)33-13-32-19)24(29)21(34-26)12-17-7-6-14(2)10-15(17)3/h6-12,23H,5,13H2,1-4H3/b21-12-. The fraction of sp³-hybridized carbons (Fsp3) is 0.269. The van der Waals surface area contributed by atoms with Crippen LogP contribution in [0.1, 0.15) is 42.1 Å². The zero-order valence-corrected chi connectivity index (χ0v) is 20.2. The molecule has 2 aliphatic heterocycles. The molecule has 0 aliphatic carbocycles. The van der Waals surface area contributed by atoms with Gasteiger partial charge in [-0.25, -0.2) is 9.79 Å². The van der Waals surface area contributed by atoms with Crippen molar-refractivity contribution in [3.05, 3.63) is 89.6 Å². The first kappa shape index (κ1) is 22.2. The summed E-state index contributed by atoms with van der Waals surface area (Å²) in [6, 6.07) is 10.9. The molecule has 174 valence electrons. The van der Waals surface area contributed by atoms with Crippen molar-refractivity contribution in [3.63, 3.8) is 0 Å². The van der Waals surface area contributed by atoms with Gasteiger partial charge < -0.3 is 14.2 Å². The van der Waals surface area contributed by atoms with Crippen LogP contribution in [-0.4, -0.2) is 23.9 Å². The van der Waals surface area contributed by atoms with Gasteiger partial charge in [0.1, 0.15) is 0 Å². The zero-order chi connectivity index (χ0) is 24.0. The maximum atomic E-state index is 13.7. The highest BCUT2D eigenvalue weighted by Crippen LogP contribution is 2.38. The van der Waals surface area contributed by atoms with E-state index in [9.17, 15) is 9.59 Å². The molecule has 2 aliphatic rings. The van der Waals surface area contributed by atoms with E-state index in [1.54, 1.807) is 24.5 Å². The predicted molar refractivity (Wildman–Crippen MR) is 129 cm³/mol. The number of allylic oxidation sites excluding steroid dienone is 1. The summed E-state index contributed by atoms with van der Waals surface area (Å²) in [5.41, 5.74) is 4.60. The fourth-order valence-electron chi connectivity index (χ4n) is 4.32. The Morgan fingerprint density at radius 1 is 1.18 bits per heavy atom. The van der Waals surface area contributed by atoms with Gasteiger partial charge in [-0.3, -0.25) is 9.36 Å². The van der Waals surface area contributed by atoms with Gasteiger partial charge >= 0.3 is 5.97 Å². The summed E-state index contributed by atoms with van der Waals surface area (Å²) >= 11 is 1.31. The molecule has 3 heterocycles. The second-order valence-corrected chi connectivity index (χ2v) is 9.28. The van der Waals surface area contributed by atoms with Gasteiger partial charge in [0.05, 0.1) is 28.5 Å². The second-order valence-electron chi connectivity index (χ2n) is 8.28. The number of thiazole rings is 1. The minimum absolute atomic E-state index is 0.136. The lowest BCUT2D eigenvalue weighted by Gasteiger charge is -2.24. The molecule has 2 aromatic carbocycles. The van der Waals surface area contributed by atoms with Crippen LogP contribution in [0.2, 0.25) is 0 Å². The average molecular weight is 477 g/mol. The SMILES string of the molecule is CCOC(=O)C1=C(C)N=c2s/c(=C\c3ccc(C)cc3C)c(=O)n2C1c1ccc2c(c1)OCO2. The first-order chi connectivity index (χ1) is 16.4. The van der Waals surface area contributed by atoms with Crippen molar-refractivity contribution in [1.29, 1.82) is 0 Å². The Bertz CT molecular complexity index is 1530. The molecule has 0 fully saturated rings. The smallest absolute Gasteiger partial charge is 0.338 e. The Morgan fingerprint density at radius 2 is 1.97 bits per heavy atom. The maximum absolute atomic E-state index is 13.7. The molecule has 7 nitrogen and oxygen atoms in total. The van der Waals surface area contributed by atoms with E-state index in [0.717, 1.165) is 22.3 Å². The Morgan fingerprint density at radius 3 is 2.74 bits per heavy atom. The average Bonchev–Trinajstić information content (AvgIpc) is 3.38. The molecule has 0 radical (unpaired) electrons. The van der Waals surface area contributed by atoms with Crippen molar-refractivity contribution in [2.75, 3.05) is 13.4 Å². The van der Waals surface area contributed by atoms with Crippen LogP contribution < -0.4 is 24.4 Å². The first-order valence-electron chi connectivity index (χ1n) is 11.0. The van der Waals surface area contributed by atoms with Crippen LogP contribution in [0.5, 0.6) is 11.5 Å². The lowest BCUT2D eigenvalue weighted by atomic mass is 9.95. The highest BCUT2D eigenvalue weighted by atomic mass is 32.1. The predicted octanol–water partition coefficient (Wildman–Crippen LogP) is 3.14. The van der Waals surface area contributed by atoms with Crippen LogP contribution in [-0.2, 0) is 9.53 Å². The summed E-state index contributed by atoms with van der Waals surface area (Å²) in [7, 11) is 0. The van der Waals surface area contributed by atoms with Crippen molar-refractivity contribution in [1.82, 2.24) is 4.57 Å². The number of aryl methyl sites for hydroxylation is 2. The molecule has 34 heavy (non-hydrogen) atoms. The van der Waals surface area contributed by atoms with Gasteiger partial charge in [0.25, 0.3) is 5.56 Å². The Kier molecular flexibility index (Phi) is 5.61. The van der Waals surface area contributed by atoms with Gasteiger partial charge in [0, 0.05) is 0 Å². The van der Waals surface area contributed by atoms with Crippen LogP contribution in [0.25, 0.3) is 6.08 Å².